The van der Waals surface area contributed by atoms with Gasteiger partial charge in [0.25, 0.3) is 0 Å². The van der Waals surface area contributed by atoms with Crippen molar-refractivity contribution in [1.82, 2.24) is 0 Å². The molecule has 0 aliphatic heterocycles. The number of hydrogen-bond donors (Lipinski definition) is 0. The summed E-state index contributed by atoms with van der Waals surface area (Å²) in [4.78, 5) is 0. The standard InChI is InChI=1S/C17H18F2O/c1-12(2)9-10-20-15-6-3-13(4-7-15)16-8-5-14(18)11-17(16)19/h3-8,11-12H,9-10H2,1-2H3. The van der Waals surface area contributed by atoms with Gasteiger partial charge < -0.3 is 4.74 Å². The maximum Gasteiger partial charge on any atom is 0.133 e. The SMILES string of the molecule is CC(C)CCOc1ccc(-c2ccc(F)cc2F)cc1. The van der Waals surface area contributed by atoms with Crippen LogP contribution in [0.4, 0.5) is 8.78 Å². The zero-order valence-electron chi connectivity index (χ0n) is 11.7. The Hall–Kier alpha value is -1.90. The second-order valence-electron chi connectivity index (χ2n) is 5.18. The van der Waals surface area contributed by atoms with Gasteiger partial charge in [-0.1, -0.05) is 26.0 Å². The van der Waals surface area contributed by atoms with Crippen LogP contribution in [0.25, 0.3) is 11.1 Å². The van der Waals surface area contributed by atoms with E-state index in [2.05, 4.69) is 13.8 Å². The van der Waals surface area contributed by atoms with Gasteiger partial charge in [0.1, 0.15) is 17.4 Å². The Kier molecular flexibility index (Phi) is 4.72. The van der Waals surface area contributed by atoms with Gasteiger partial charge in [0.2, 0.25) is 0 Å². The molecular weight excluding hydrogens is 258 g/mol. The zero-order chi connectivity index (χ0) is 14.5. The molecule has 106 valence electrons. The van der Waals surface area contributed by atoms with Crippen molar-refractivity contribution in [3.63, 3.8) is 0 Å². The highest BCUT2D eigenvalue weighted by atomic mass is 19.1. The van der Waals surface area contributed by atoms with Gasteiger partial charge in [0.05, 0.1) is 6.61 Å². The predicted molar refractivity (Wildman–Crippen MR) is 76.7 cm³/mol. The van der Waals surface area contributed by atoms with E-state index >= 15 is 0 Å². The molecule has 0 saturated heterocycles. The van der Waals surface area contributed by atoms with E-state index < -0.39 is 11.6 Å². The molecule has 20 heavy (non-hydrogen) atoms. The first-order valence-electron chi connectivity index (χ1n) is 6.74. The van der Waals surface area contributed by atoms with E-state index in [4.69, 9.17) is 4.74 Å². The van der Waals surface area contributed by atoms with Gasteiger partial charge in [-0.3, -0.25) is 0 Å². The molecule has 2 aromatic rings. The fourth-order valence-electron chi connectivity index (χ4n) is 1.87. The Morgan fingerprint density at radius 2 is 1.70 bits per heavy atom. The van der Waals surface area contributed by atoms with Crippen LogP contribution in [0, 0.1) is 17.6 Å². The molecule has 0 unspecified atom stereocenters. The molecule has 0 saturated carbocycles. The Bertz CT molecular complexity index is 562. The summed E-state index contributed by atoms with van der Waals surface area (Å²) < 4.78 is 32.1. The molecule has 2 aromatic carbocycles. The molecule has 3 heteroatoms. The molecule has 0 bridgehead atoms. The third-order valence-corrected chi connectivity index (χ3v) is 3.06. The van der Waals surface area contributed by atoms with Gasteiger partial charge in [-0.15, -0.1) is 0 Å². The maximum absolute atomic E-state index is 13.7. The lowest BCUT2D eigenvalue weighted by atomic mass is 10.1. The first-order chi connectivity index (χ1) is 9.56. The van der Waals surface area contributed by atoms with Gasteiger partial charge in [-0.2, -0.15) is 0 Å². The number of benzene rings is 2. The van der Waals surface area contributed by atoms with Gasteiger partial charge in [-0.25, -0.2) is 8.78 Å². The maximum atomic E-state index is 13.7. The zero-order valence-corrected chi connectivity index (χ0v) is 11.7. The lowest BCUT2D eigenvalue weighted by Crippen LogP contribution is -2.01. The summed E-state index contributed by atoms with van der Waals surface area (Å²) in [5, 5.41) is 0. The highest BCUT2D eigenvalue weighted by Crippen LogP contribution is 2.25. The van der Waals surface area contributed by atoms with E-state index in [1.54, 1.807) is 24.3 Å². The smallest absolute Gasteiger partial charge is 0.133 e. The summed E-state index contributed by atoms with van der Waals surface area (Å²) in [6.07, 6.45) is 0.994. The van der Waals surface area contributed by atoms with E-state index in [1.807, 2.05) is 0 Å². The quantitative estimate of drug-likeness (QED) is 0.742. The summed E-state index contributed by atoms with van der Waals surface area (Å²) in [5.74, 6) is 0.234. The molecule has 0 aliphatic carbocycles. The lowest BCUT2D eigenvalue weighted by molar-refractivity contribution is 0.289. The van der Waals surface area contributed by atoms with Crippen LogP contribution in [0.3, 0.4) is 0 Å². The highest BCUT2D eigenvalue weighted by molar-refractivity contribution is 5.64. The topological polar surface area (TPSA) is 9.23 Å². The third-order valence-electron chi connectivity index (χ3n) is 3.06. The first kappa shape index (κ1) is 14.5. The molecule has 0 amide bonds. The summed E-state index contributed by atoms with van der Waals surface area (Å²) in [7, 11) is 0. The minimum atomic E-state index is -0.570. The largest absolute Gasteiger partial charge is 0.494 e. The van der Waals surface area contributed by atoms with Crippen LogP contribution in [0.5, 0.6) is 5.75 Å². The fraction of sp³-hybridized carbons (Fsp3) is 0.294. The molecule has 0 atom stereocenters. The van der Waals surface area contributed by atoms with E-state index in [9.17, 15) is 8.78 Å². The minimum Gasteiger partial charge on any atom is -0.494 e. The molecular formula is C17H18F2O. The van der Waals surface area contributed by atoms with Crippen molar-refractivity contribution >= 4 is 0 Å². The summed E-state index contributed by atoms with van der Waals surface area (Å²) in [6, 6.07) is 10.8. The predicted octanol–water partition coefficient (Wildman–Crippen LogP) is 5.06. The molecule has 0 spiro atoms. The lowest BCUT2D eigenvalue weighted by Gasteiger charge is -2.09. The monoisotopic (exact) mass is 276 g/mol. The molecule has 1 nitrogen and oxygen atoms in total. The number of rotatable bonds is 5. The molecule has 2 rings (SSSR count). The minimum absolute atomic E-state index is 0.389. The van der Waals surface area contributed by atoms with Crippen LogP contribution in [0.1, 0.15) is 20.3 Å². The van der Waals surface area contributed by atoms with Crippen molar-refractivity contribution in [3.05, 3.63) is 54.1 Å². The molecule has 0 N–H and O–H groups in total. The third kappa shape index (κ3) is 3.80. The first-order valence-corrected chi connectivity index (χ1v) is 6.74. The molecule has 0 radical (unpaired) electrons. The highest BCUT2D eigenvalue weighted by Gasteiger charge is 2.06. The van der Waals surface area contributed by atoms with E-state index in [0.717, 1.165) is 18.2 Å². The second kappa shape index (κ2) is 6.51. The number of hydrogen-bond acceptors (Lipinski definition) is 1. The van der Waals surface area contributed by atoms with Crippen LogP contribution in [-0.4, -0.2) is 6.61 Å². The number of ether oxygens (including phenoxy) is 1. The van der Waals surface area contributed by atoms with Gasteiger partial charge >= 0.3 is 0 Å². The van der Waals surface area contributed by atoms with Crippen LogP contribution < -0.4 is 4.74 Å². The van der Waals surface area contributed by atoms with Crippen LogP contribution in [-0.2, 0) is 0 Å². The van der Waals surface area contributed by atoms with Crippen LogP contribution in [0.2, 0.25) is 0 Å². The van der Waals surface area contributed by atoms with Gasteiger partial charge in [0.15, 0.2) is 0 Å². The van der Waals surface area contributed by atoms with Crippen molar-refractivity contribution in [2.75, 3.05) is 6.61 Å². The van der Waals surface area contributed by atoms with Crippen molar-refractivity contribution in [2.24, 2.45) is 5.92 Å². The van der Waals surface area contributed by atoms with Crippen LogP contribution >= 0.6 is 0 Å². The van der Waals surface area contributed by atoms with Crippen molar-refractivity contribution in [1.29, 1.82) is 0 Å². The summed E-state index contributed by atoms with van der Waals surface area (Å²) >= 11 is 0. The van der Waals surface area contributed by atoms with E-state index in [-0.39, 0.29) is 0 Å². The van der Waals surface area contributed by atoms with Gasteiger partial charge in [-0.05, 0) is 42.2 Å². The van der Waals surface area contributed by atoms with Crippen molar-refractivity contribution < 1.29 is 13.5 Å². The normalized spacial score (nSPS) is 10.8. The van der Waals surface area contributed by atoms with Crippen molar-refractivity contribution in [2.45, 2.75) is 20.3 Å². The average molecular weight is 276 g/mol. The Balaban J connectivity index is 2.07. The Labute approximate surface area is 118 Å². The van der Waals surface area contributed by atoms with E-state index in [0.29, 0.717) is 23.7 Å². The Morgan fingerprint density at radius 3 is 2.30 bits per heavy atom. The number of halogens is 2. The molecule has 0 aromatic heterocycles. The molecule has 0 fully saturated rings. The fourth-order valence-corrected chi connectivity index (χ4v) is 1.87. The summed E-state index contributed by atoms with van der Waals surface area (Å²) in [5.41, 5.74) is 1.10. The second-order valence-corrected chi connectivity index (χ2v) is 5.18. The Morgan fingerprint density at radius 1 is 1.00 bits per heavy atom. The van der Waals surface area contributed by atoms with Crippen molar-refractivity contribution in [3.8, 4) is 16.9 Å². The van der Waals surface area contributed by atoms with Crippen LogP contribution in [0.15, 0.2) is 42.5 Å². The molecule has 0 heterocycles. The van der Waals surface area contributed by atoms with E-state index in [1.165, 1.54) is 12.1 Å². The average Bonchev–Trinajstić information content (AvgIpc) is 2.39. The summed E-state index contributed by atoms with van der Waals surface area (Å²) in [6.45, 7) is 4.95. The van der Waals surface area contributed by atoms with Gasteiger partial charge in [0, 0.05) is 11.6 Å². The molecule has 0 aliphatic rings.